The van der Waals surface area contributed by atoms with Crippen molar-refractivity contribution in [3.8, 4) is 11.5 Å². The monoisotopic (exact) mass is 320 g/mol. The molecule has 0 spiro atoms. The van der Waals surface area contributed by atoms with E-state index in [1.54, 1.807) is 29.5 Å². The number of nitrogens with zero attached hydrogens (tertiary/aromatic N) is 1. The molecule has 0 aliphatic carbocycles. The van der Waals surface area contributed by atoms with Crippen LogP contribution >= 0.6 is 11.3 Å². The van der Waals surface area contributed by atoms with Gasteiger partial charge in [0.1, 0.15) is 22.1 Å². The maximum Gasteiger partial charge on any atom is 0.259 e. The summed E-state index contributed by atoms with van der Waals surface area (Å²) in [5.41, 5.74) is 1.44. The summed E-state index contributed by atoms with van der Waals surface area (Å²) in [6.07, 6.45) is 0. The van der Waals surface area contributed by atoms with Crippen molar-refractivity contribution in [2.24, 2.45) is 0 Å². The molecule has 0 fully saturated rings. The van der Waals surface area contributed by atoms with Gasteiger partial charge in [-0.3, -0.25) is 4.79 Å². The van der Waals surface area contributed by atoms with Gasteiger partial charge in [0, 0.05) is 5.38 Å². The minimum Gasteiger partial charge on any atom is -0.496 e. The summed E-state index contributed by atoms with van der Waals surface area (Å²) in [6.45, 7) is 4.58. The lowest BCUT2D eigenvalue weighted by Crippen LogP contribution is -2.24. The highest BCUT2D eigenvalue weighted by atomic mass is 32.1. The van der Waals surface area contributed by atoms with Crippen LogP contribution in [0.25, 0.3) is 0 Å². The van der Waals surface area contributed by atoms with Crippen molar-refractivity contribution in [2.75, 3.05) is 14.2 Å². The van der Waals surface area contributed by atoms with E-state index in [1.807, 2.05) is 5.38 Å². The van der Waals surface area contributed by atoms with E-state index >= 15 is 0 Å². The molecule has 22 heavy (non-hydrogen) atoms. The zero-order valence-corrected chi connectivity index (χ0v) is 14.0. The Kier molecular flexibility index (Phi) is 5.38. The van der Waals surface area contributed by atoms with E-state index < -0.39 is 0 Å². The van der Waals surface area contributed by atoms with Crippen molar-refractivity contribution in [3.05, 3.63) is 39.8 Å². The SMILES string of the molecule is COc1cccc(OC)c1C(=O)NCc1nc(C(C)C)cs1. The van der Waals surface area contributed by atoms with Crippen LogP contribution in [-0.2, 0) is 6.54 Å². The maximum atomic E-state index is 12.4. The van der Waals surface area contributed by atoms with Crippen LogP contribution in [0.5, 0.6) is 11.5 Å². The smallest absolute Gasteiger partial charge is 0.259 e. The molecule has 0 aliphatic rings. The Morgan fingerprint density at radius 2 is 1.91 bits per heavy atom. The summed E-state index contributed by atoms with van der Waals surface area (Å²) in [7, 11) is 3.06. The van der Waals surface area contributed by atoms with E-state index in [0.29, 0.717) is 29.5 Å². The topological polar surface area (TPSA) is 60.5 Å². The maximum absolute atomic E-state index is 12.4. The molecule has 2 aromatic rings. The van der Waals surface area contributed by atoms with Gasteiger partial charge in [0.15, 0.2) is 0 Å². The van der Waals surface area contributed by atoms with Crippen LogP contribution in [-0.4, -0.2) is 25.1 Å². The van der Waals surface area contributed by atoms with Crippen LogP contribution in [0.4, 0.5) is 0 Å². The van der Waals surface area contributed by atoms with Gasteiger partial charge in [-0.05, 0) is 18.1 Å². The highest BCUT2D eigenvalue weighted by Crippen LogP contribution is 2.28. The third-order valence-corrected chi connectivity index (χ3v) is 4.08. The van der Waals surface area contributed by atoms with Gasteiger partial charge >= 0.3 is 0 Å². The fourth-order valence-corrected chi connectivity index (χ4v) is 2.89. The zero-order chi connectivity index (χ0) is 16.1. The standard InChI is InChI=1S/C16H20N2O3S/c1-10(2)11-9-22-14(18-11)8-17-16(19)15-12(20-3)6-5-7-13(15)21-4/h5-7,9-10H,8H2,1-4H3,(H,17,19). The molecule has 0 aliphatic heterocycles. The predicted octanol–water partition coefficient (Wildman–Crippen LogP) is 3.21. The summed E-state index contributed by atoms with van der Waals surface area (Å²) in [5, 5.41) is 5.77. The second-order valence-corrected chi connectivity index (χ2v) is 5.98. The van der Waals surface area contributed by atoms with E-state index in [2.05, 4.69) is 24.1 Å². The lowest BCUT2D eigenvalue weighted by atomic mass is 10.1. The highest BCUT2D eigenvalue weighted by Gasteiger charge is 2.18. The van der Waals surface area contributed by atoms with E-state index in [-0.39, 0.29) is 5.91 Å². The van der Waals surface area contributed by atoms with E-state index in [4.69, 9.17) is 9.47 Å². The number of nitrogens with one attached hydrogen (secondary N) is 1. The van der Waals surface area contributed by atoms with Crippen molar-refractivity contribution in [3.63, 3.8) is 0 Å². The Balaban J connectivity index is 2.12. The zero-order valence-electron chi connectivity index (χ0n) is 13.2. The first-order valence-corrected chi connectivity index (χ1v) is 7.88. The molecule has 1 heterocycles. The van der Waals surface area contributed by atoms with Gasteiger partial charge < -0.3 is 14.8 Å². The van der Waals surface area contributed by atoms with E-state index in [9.17, 15) is 4.79 Å². The molecule has 5 nitrogen and oxygen atoms in total. The van der Waals surface area contributed by atoms with Crippen LogP contribution < -0.4 is 14.8 Å². The second-order valence-electron chi connectivity index (χ2n) is 5.04. The molecule has 0 saturated heterocycles. The fourth-order valence-electron chi connectivity index (χ4n) is 1.99. The predicted molar refractivity (Wildman–Crippen MR) is 86.9 cm³/mol. The lowest BCUT2D eigenvalue weighted by Gasteiger charge is -2.12. The highest BCUT2D eigenvalue weighted by molar-refractivity contribution is 7.09. The minimum absolute atomic E-state index is 0.240. The molecule has 118 valence electrons. The van der Waals surface area contributed by atoms with Gasteiger partial charge in [0.2, 0.25) is 0 Å². The Morgan fingerprint density at radius 3 is 2.41 bits per heavy atom. The van der Waals surface area contributed by atoms with Crippen molar-refractivity contribution in [2.45, 2.75) is 26.3 Å². The first-order valence-electron chi connectivity index (χ1n) is 7.00. The first kappa shape index (κ1) is 16.3. The lowest BCUT2D eigenvalue weighted by molar-refractivity contribution is 0.0944. The molecular weight excluding hydrogens is 300 g/mol. The van der Waals surface area contributed by atoms with Crippen LogP contribution in [0.15, 0.2) is 23.6 Å². The number of carbonyl (C=O) groups is 1. The van der Waals surface area contributed by atoms with Crippen LogP contribution in [0.3, 0.4) is 0 Å². The van der Waals surface area contributed by atoms with Crippen LogP contribution in [0, 0.1) is 0 Å². The number of hydrogen-bond donors (Lipinski definition) is 1. The molecule has 0 atom stereocenters. The van der Waals surface area contributed by atoms with Crippen molar-refractivity contribution in [1.82, 2.24) is 10.3 Å². The molecule has 1 N–H and O–H groups in total. The molecule has 1 aromatic carbocycles. The van der Waals surface area contributed by atoms with Gasteiger partial charge in [0.05, 0.1) is 26.5 Å². The number of rotatable bonds is 6. The molecule has 0 unspecified atom stereocenters. The third kappa shape index (κ3) is 3.57. The van der Waals surface area contributed by atoms with Gasteiger partial charge in [-0.2, -0.15) is 0 Å². The summed E-state index contributed by atoms with van der Waals surface area (Å²) >= 11 is 1.55. The molecule has 1 aromatic heterocycles. The van der Waals surface area contributed by atoms with Gasteiger partial charge in [-0.15, -0.1) is 11.3 Å². The van der Waals surface area contributed by atoms with Crippen molar-refractivity contribution < 1.29 is 14.3 Å². The molecule has 1 amide bonds. The molecule has 0 saturated carbocycles. The Morgan fingerprint density at radius 1 is 1.27 bits per heavy atom. The minimum atomic E-state index is -0.240. The number of aromatic nitrogens is 1. The van der Waals surface area contributed by atoms with E-state index in [0.717, 1.165) is 10.7 Å². The van der Waals surface area contributed by atoms with Crippen molar-refractivity contribution >= 4 is 17.2 Å². The Bertz CT molecular complexity index is 630. The molecule has 6 heteroatoms. The van der Waals surface area contributed by atoms with Gasteiger partial charge in [0.25, 0.3) is 5.91 Å². The summed E-state index contributed by atoms with van der Waals surface area (Å²) in [5.74, 6) is 1.11. The Hall–Kier alpha value is -2.08. The molecule has 0 bridgehead atoms. The largest absolute Gasteiger partial charge is 0.496 e. The molecular formula is C16H20N2O3S. The number of carbonyl (C=O) groups excluding carboxylic acids is 1. The van der Waals surface area contributed by atoms with Gasteiger partial charge in [-0.1, -0.05) is 19.9 Å². The van der Waals surface area contributed by atoms with Crippen molar-refractivity contribution in [1.29, 1.82) is 0 Å². The van der Waals surface area contributed by atoms with Crippen LogP contribution in [0.1, 0.15) is 40.8 Å². The number of amides is 1. The first-order chi connectivity index (χ1) is 10.6. The number of benzene rings is 1. The molecule has 0 radical (unpaired) electrons. The number of ether oxygens (including phenoxy) is 2. The average Bonchev–Trinajstić information content (AvgIpc) is 3.00. The summed E-state index contributed by atoms with van der Waals surface area (Å²) in [6, 6.07) is 5.25. The van der Waals surface area contributed by atoms with E-state index in [1.165, 1.54) is 14.2 Å². The Labute approximate surface area is 134 Å². The second kappa shape index (κ2) is 7.26. The number of methoxy groups -OCH3 is 2. The normalized spacial score (nSPS) is 10.6. The molecule has 2 rings (SSSR count). The summed E-state index contributed by atoms with van der Waals surface area (Å²) in [4.78, 5) is 16.9. The third-order valence-electron chi connectivity index (χ3n) is 3.22. The summed E-state index contributed by atoms with van der Waals surface area (Å²) < 4.78 is 10.5. The number of hydrogen-bond acceptors (Lipinski definition) is 5. The quantitative estimate of drug-likeness (QED) is 0.888. The van der Waals surface area contributed by atoms with Gasteiger partial charge in [-0.25, -0.2) is 4.98 Å². The fraction of sp³-hybridized carbons (Fsp3) is 0.375. The average molecular weight is 320 g/mol. The number of thiazole rings is 1. The van der Waals surface area contributed by atoms with Crippen LogP contribution in [0.2, 0.25) is 0 Å².